The van der Waals surface area contributed by atoms with Gasteiger partial charge in [0.25, 0.3) is 0 Å². The van der Waals surface area contributed by atoms with Crippen molar-refractivity contribution >= 4 is 80.6 Å². The molecule has 0 saturated heterocycles. The lowest BCUT2D eigenvalue weighted by Gasteiger charge is -2.23. The molecule has 0 rings (SSSR count). The smallest absolute Gasteiger partial charge is 0.221 e. The maximum atomic E-state index is 10.7. The number of alkyl halides is 4. The standard InChI is InChI=1S/C18H31Br4ClO/c1-2-3-7-10-14(19)16(21)13-17(22)15(20)11-8-5-4-6-9-12-18(23)24/h14-17H,2-13H2,1H3. The van der Waals surface area contributed by atoms with Crippen LogP contribution in [0, 0.1) is 0 Å². The van der Waals surface area contributed by atoms with E-state index in [-0.39, 0.29) is 5.24 Å². The van der Waals surface area contributed by atoms with Crippen molar-refractivity contribution in [2.24, 2.45) is 0 Å². The lowest BCUT2D eigenvalue weighted by Crippen LogP contribution is -2.23. The van der Waals surface area contributed by atoms with Crippen molar-refractivity contribution in [3.8, 4) is 0 Å². The van der Waals surface area contributed by atoms with E-state index in [0.717, 1.165) is 19.3 Å². The molecule has 0 heterocycles. The molecule has 0 aromatic carbocycles. The van der Waals surface area contributed by atoms with Gasteiger partial charge in [0, 0.05) is 25.7 Å². The van der Waals surface area contributed by atoms with Crippen LogP contribution in [0.2, 0.25) is 0 Å². The quantitative estimate of drug-likeness (QED) is 0.0964. The Morgan fingerprint density at radius 3 is 1.71 bits per heavy atom. The van der Waals surface area contributed by atoms with Gasteiger partial charge in [0.2, 0.25) is 5.24 Å². The summed E-state index contributed by atoms with van der Waals surface area (Å²) in [6.45, 7) is 2.25. The number of hydrogen-bond donors (Lipinski definition) is 0. The Morgan fingerprint density at radius 2 is 1.21 bits per heavy atom. The third-order valence-electron chi connectivity index (χ3n) is 4.17. The number of halogens is 5. The van der Waals surface area contributed by atoms with Gasteiger partial charge in [-0.1, -0.05) is 116 Å². The van der Waals surface area contributed by atoms with Gasteiger partial charge in [0.05, 0.1) is 0 Å². The van der Waals surface area contributed by atoms with E-state index in [1.54, 1.807) is 0 Å². The molecule has 0 amide bonds. The van der Waals surface area contributed by atoms with Crippen molar-refractivity contribution in [3.05, 3.63) is 0 Å². The molecule has 0 aliphatic carbocycles. The summed E-state index contributed by atoms with van der Waals surface area (Å²) >= 11 is 20.7. The molecule has 0 fully saturated rings. The van der Waals surface area contributed by atoms with Gasteiger partial charge in [0.15, 0.2) is 0 Å². The maximum absolute atomic E-state index is 10.7. The molecular weight excluding hydrogens is 587 g/mol. The molecule has 0 aromatic heterocycles. The Hall–Kier alpha value is 1.88. The van der Waals surface area contributed by atoms with E-state index in [2.05, 4.69) is 70.6 Å². The molecule has 0 N–H and O–H groups in total. The lowest BCUT2D eigenvalue weighted by atomic mass is 10.0. The summed E-state index contributed by atoms with van der Waals surface area (Å²) in [5, 5.41) is -0.207. The molecule has 6 heteroatoms. The molecule has 0 radical (unpaired) electrons. The molecule has 0 aromatic rings. The Morgan fingerprint density at radius 1 is 0.750 bits per heavy atom. The topological polar surface area (TPSA) is 17.1 Å². The average molecular weight is 619 g/mol. The molecular formula is C18H31Br4ClO. The first kappa shape index (κ1) is 25.9. The van der Waals surface area contributed by atoms with Gasteiger partial charge in [-0.25, -0.2) is 0 Å². The van der Waals surface area contributed by atoms with Gasteiger partial charge in [-0.05, 0) is 37.3 Å². The van der Waals surface area contributed by atoms with Gasteiger partial charge >= 0.3 is 0 Å². The van der Waals surface area contributed by atoms with E-state index >= 15 is 0 Å². The molecule has 4 atom stereocenters. The zero-order valence-electron chi connectivity index (χ0n) is 14.6. The SMILES string of the molecule is CCCCCC(Br)C(Br)CC(Br)C(Br)CCCCCCCC(=O)Cl. The summed E-state index contributed by atoms with van der Waals surface area (Å²) in [4.78, 5) is 12.7. The summed E-state index contributed by atoms with van der Waals surface area (Å²) in [6.07, 6.45) is 13.6. The summed E-state index contributed by atoms with van der Waals surface area (Å²) in [7, 11) is 0. The van der Waals surface area contributed by atoms with E-state index in [4.69, 9.17) is 11.6 Å². The molecule has 0 spiro atoms. The van der Waals surface area contributed by atoms with Crippen molar-refractivity contribution in [1.29, 1.82) is 0 Å². The zero-order valence-corrected chi connectivity index (χ0v) is 21.7. The highest BCUT2D eigenvalue weighted by Crippen LogP contribution is 2.31. The minimum Gasteiger partial charge on any atom is -0.281 e. The van der Waals surface area contributed by atoms with Gasteiger partial charge in [-0.3, -0.25) is 4.79 Å². The van der Waals surface area contributed by atoms with Crippen LogP contribution in [-0.4, -0.2) is 24.6 Å². The van der Waals surface area contributed by atoms with Gasteiger partial charge < -0.3 is 0 Å². The summed E-state index contributed by atoms with van der Waals surface area (Å²) in [5.74, 6) is 0. The van der Waals surface area contributed by atoms with Gasteiger partial charge in [-0.2, -0.15) is 0 Å². The molecule has 0 bridgehead atoms. The van der Waals surface area contributed by atoms with Crippen molar-refractivity contribution in [2.45, 2.75) is 103 Å². The number of rotatable bonds is 16. The fraction of sp³-hybridized carbons (Fsp3) is 0.944. The summed E-state index contributed by atoms with van der Waals surface area (Å²) in [5.41, 5.74) is 0. The van der Waals surface area contributed by atoms with Crippen molar-refractivity contribution in [2.75, 3.05) is 0 Å². The highest BCUT2D eigenvalue weighted by atomic mass is 79.9. The Bertz CT molecular complexity index is 317. The van der Waals surface area contributed by atoms with Crippen LogP contribution in [0.3, 0.4) is 0 Å². The van der Waals surface area contributed by atoms with Crippen LogP contribution in [0.1, 0.15) is 84.0 Å². The van der Waals surface area contributed by atoms with Crippen LogP contribution in [0.4, 0.5) is 0 Å². The van der Waals surface area contributed by atoms with Crippen molar-refractivity contribution in [1.82, 2.24) is 0 Å². The first-order chi connectivity index (χ1) is 11.4. The van der Waals surface area contributed by atoms with E-state index in [1.807, 2.05) is 0 Å². The molecule has 144 valence electrons. The predicted octanol–water partition coefficient (Wildman–Crippen LogP) is 8.51. The van der Waals surface area contributed by atoms with Crippen LogP contribution in [-0.2, 0) is 4.79 Å². The van der Waals surface area contributed by atoms with E-state index in [0.29, 0.717) is 25.7 Å². The van der Waals surface area contributed by atoms with E-state index in [1.165, 1.54) is 51.4 Å². The normalized spacial score (nSPS) is 16.6. The Balaban J connectivity index is 3.74. The molecule has 24 heavy (non-hydrogen) atoms. The fourth-order valence-corrected chi connectivity index (χ4v) is 5.64. The van der Waals surface area contributed by atoms with E-state index in [9.17, 15) is 4.79 Å². The van der Waals surface area contributed by atoms with Gasteiger partial charge in [-0.15, -0.1) is 0 Å². The number of carbonyl (C=O) groups is 1. The summed E-state index contributed by atoms with van der Waals surface area (Å²) < 4.78 is 0. The minimum atomic E-state index is -0.207. The second-order valence-corrected chi connectivity index (χ2v) is 11.6. The monoisotopic (exact) mass is 614 g/mol. The fourth-order valence-electron chi connectivity index (χ4n) is 2.60. The number of hydrogen-bond acceptors (Lipinski definition) is 1. The molecule has 1 nitrogen and oxygen atoms in total. The Kier molecular flexibility index (Phi) is 18.3. The zero-order chi connectivity index (χ0) is 18.4. The van der Waals surface area contributed by atoms with Crippen LogP contribution < -0.4 is 0 Å². The first-order valence-corrected chi connectivity index (χ1v) is 13.2. The highest BCUT2D eigenvalue weighted by molar-refractivity contribution is 9.13. The molecule has 4 unspecified atom stereocenters. The van der Waals surface area contributed by atoms with Crippen molar-refractivity contribution < 1.29 is 4.79 Å². The number of carbonyl (C=O) groups excluding carboxylic acids is 1. The van der Waals surface area contributed by atoms with Crippen LogP contribution >= 0.6 is 75.3 Å². The Labute approximate surface area is 187 Å². The average Bonchev–Trinajstić information content (AvgIpc) is 2.53. The maximum Gasteiger partial charge on any atom is 0.221 e. The molecule has 0 saturated carbocycles. The first-order valence-electron chi connectivity index (χ1n) is 9.13. The van der Waals surface area contributed by atoms with Gasteiger partial charge in [0.1, 0.15) is 0 Å². The lowest BCUT2D eigenvalue weighted by molar-refractivity contribution is -0.111. The summed E-state index contributed by atoms with van der Waals surface area (Å²) in [6, 6.07) is 0. The number of unbranched alkanes of at least 4 members (excludes halogenated alkanes) is 6. The van der Waals surface area contributed by atoms with E-state index < -0.39 is 0 Å². The van der Waals surface area contributed by atoms with Crippen LogP contribution in [0.5, 0.6) is 0 Å². The largest absolute Gasteiger partial charge is 0.281 e. The van der Waals surface area contributed by atoms with Crippen molar-refractivity contribution in [3.63, 3.8) is 0 Å². The van der Waals surface area contributed by atoms with Crippen LogP contribution in [0.25, 0.3) is 0 Å². The molecule has 0 aliphatic rings. The third kappa shape index (κ3) is 15.0. The second kappa shape index (κ2) is 17.0. The predicted molar refractivity (Wildman–Crippen MR) is 123 cm³/mol. The highest BCUT2D eigenvalue weighted by Gasteiger charge is 2.23. The molecule has 0 aliphatic heterocycles. The van der Waals surface area contributed by atoms with Crippen LogP contribution in [0.15, 0.2) is 0 Å². The third-order valence-corrected chi connectivity index (χ3v) is 10.00. The minimum absolute atomic E-state index is 0.207. The second-order valence-electron chi connectivity index (χ2n) is 6.46.